The molecule has 0 rings (SSSR count). The van der Waals surface area contributed by atoms with Crippen LogP contribution in [0.4, 0.5) is 0 Å². The molecule has 0 aliphatic rings. The summed E-state index contributed by atoms with van der Waals surface area (Å²) >= 11 is 0. The molecule has 0 aromatic rings. The Morgan fingerprint density at radius 2 is 0.600 bits per heavy atom. The fourth-order valence-electron chi connectivity index (χ4n) is 5.16. The van der Waals surface area contributed by atoms with Crippen molar-refractivity contribution >= 4 is 5.97 Å². The van der Waals surface area contributed by atoms with Gasteiger partial charge in [0.15, 0.2) is 0 Å². The fraction of sp³-hybridized carbons (Fsp3) is 0.969. The largest absolute Gasteiger partial charge is 0.342 e. The molecule has 0 aliphatic carbocycles. The van der Waals surface area contributed by atoms with Crippen molar-refractivity contribution in [1.82, 2.24) is 0 Å². The number of unbranched alkanes of at least 4 members (excludes halogenated alkanes) is 28. The second kappa shape index (κ2) is 31.5. The summed E-state index contributed by atoms with van der Waals surface area (Å²) < 4.78 is 0. The average molecular weight is 497 g/mol. The first-order chi connectivity index (χ1) is 17.3. The summed E-state index contributed by atoms with van der Waals surface area (Å²) in [6.07, 6.45) is 40.7. The van der Waals surface area contributed by atoms with Gasteiger partial charge in [0.05, 0.1) is 0 Å². The second-order valence-electron chi connectivity index (χ2n) is 11.1. The molecule has 210 valence electrons. The van der Waals surface area contributed by atoms with Crippen molar-refractivity contribution in [3.63, 3.8) is 0 Å². The lowest BCUT2D eigenvalue weighted by Crippen LogP contribution is -1.99. The summed E-state index contributed by atoms with van der Waals surface area (Å²) in [5.41, 5.74) is 0. The van der Waals surface area contributed by atoms with Crippen LogP contribution in [-0.2, 0) is 9.68 Å². The van der Waals surface area contributed by atoms with Crippen molar-refractivity contribution in [2.75, 3.05) is 0 Å². The molecule has 0 aromatic carbocycles. The molecular weight excluding hydrogens is 432 g/mol. The third kappa shape index (κ3) is 31.4. The molecule has 0 saturated carbocycles. The van der Waals surface area contributed by atoms with Crippen LogP contribution >= 0.6 is 0 Å². The van der Waals surface area contributed by atoms with Crippen LogP contribution < -0.4 is 0 Å². The Kier molecular flexibility index (Phi) is 30.9. The first kappa shape index (κ1) is 34.4. The Labute approximate surface area is 220 Å². The van der Waals surface area contributed by atoms with Gasteiger partial charge in [-0.25, -0.2) is 4.79 Å². The summed E-state index contributed by atoms with van der Waals surface area (Å²) in [5.74, 6) is -0.505. The number of carbonyl (C=O) groups excluding carboxylic acids is 1. The van der Waals surface area contributed by atoms with Gasteiger partial charge in [-0.1, -0.05) is 187 Å². The van der Waals surface area contributed by atoms with Gasteiger partial charge in [-0.2, -0.15) is 5.26 Å². The van der Waals surface area contributed by atoms with E-state index in [-0.39, 0.29) is 0 Å². The van der Waals surface area contributed by atoms with E-state index in [0.29, 0.717) is 6.42 Å². The van der Waals surface area contributed by atoms with Gasteiger partial charge in [-0.05, 0) is 6.42 Å². The van der Waals surface area contributed by atoms with Crippen LogP contribution in [0.25, 0.3) is 0 Å². The van der Waals surface area contributed by atoms with E-state index < -0.39 is 5.97 Å². The van der Waals surface area contributed by atoms with Crippen molar-refractivity contribution in [2.45, 2.75) is 200 Å². The minimum atomic E-state index is -0.505. The standard InChI is InChI=1S/C32H64O3/c1-2-3-4-5-6-7-8-9-10-11-12-13-14-15-16-17-18-19-20-21-22-23-24-25-26-27-28-29-30-31-32(33)35-34/h34H,2-31H2,1H3. The highest BCUT2D eigenvalue weighted by Gasteiger charge is 2.01. The number of hydrogen-bond acceptors (Lipinski definition) is 3. The van der Waals surface area contributed by atoms with Gasteiger partial charge >= 0.3 is 5.97 Å². The van der Waals surface area contributed by atoms with Crippen molar-refractivity contribution < 1.29 is 14.9 Å². The number of carbonyl (C=O) groups is 1. The lowest BCUT2D eigenvalue weighted by atomic mass is 10.0. The zero-order valence-electron chi connectivity index (χ0n) is 24.0. The van der Waals surface area contributed by atoms with Gasteiger partial charge in [0.1, 0.15) is 0 Å². The Morgan fingerprint density at radius 3 is 0.800 bits per heavy atom. The minimum Gasteiger partial charge on any atom is -0.301 e. The van der Waals surface area contributed by atoms with Gasteiger partial charge in [-0.15, -0.1) is 0 Å². The van der Waals surface area contributed by atoms with Crippen molar-refractivity contribution in [3.05, 3.63) is 0 Å². The van der Waals surface area contributed by atoms with Crippen molar-refractivity contribution in [3.8, 4) is 0 Å². The summed E-state index contributed by atoms with van der Waals surface area (Å²) in [4.78, 5) is 14.5. The molecular formula is C32H64O3. The van der Waals surface area contributed by atoms with E-state index in [1.807, 2.05) is 0 Å². The smallest absolute Gasteiger partial charge is 0.301 e. The van der Waals surface area contributed by atoms with Crippen LogP contribution in [0.2, 0.25) is 0 Å². The SMILES string of the molecule is CCCCCCCCCCCCCCCCCCCCCCCCCCCCCCCC(=O)OO. The molecule has 0 spiro atoms. The maximum absolute atomic E-state index is 10.8. The highest BCUT2D eigenvalue weighted by molar-refractivity contribution is 5.68. The predicted molar refractivity (Wildman–Crippen MR) is 153 cm³/mol. The van der Waals surface area contributed by atoms with E-state index in [9.17, 15) is 4.79 Å². The van der Waals surface area contributed by atoms with E-state index in [1.165, 1.54) is 173 Å². The normalized spacial score (nSPS) is 11.3. The quantitative estimate of drug-likeness (QED) is 0.0611. The Bertz CT molecular complexity index is 396. The van der Waals surface area contributed by atoms with Crippen LogP contribution in [0.15, 0.2) is 0 Å². The number of rotatable bonds is 30. The monoisotopic (exact) mass is 496 g/mol. The fourth-order valence-corrected chi connectivity index (χ4v) is 5.16. The lowest BCUT2D eigenvalue weighted by molar-refractivity contribution is -0.234. The molecule has 3 heteroatoms. The summed E-state index contributed by atoms with van der Waals surface area (Å²) in [5, 5.41) is 8.19. The van der Waals surface area contributed by atoms with Crippen LogP contribution in [-0.4, -0.2) is 11.2 Å². The zero-order valence-corrected chi connectivity index (χ0v) is 24.0. The highest BCUT2D eigenvalue weighted by Crippen LogP contribution is 2.16. The van der Waals surface area contributed by atoms with E-state index in [0.717, 1.165) is 12.8 Å². The van der Waals surface area contributed by atoms with Crippen LogP contribution in [0.5, 0.6) is 0 Å². The first-order valence-electron chi connectivity index (χ1n) is 16.2. The zero-order chi connectivity index (χ0) is 25.5. The van der Waals surface area contributed by atoms with Crippen molar-refractivity contribution in [2.24, 2.45) is 0 Å². The van der Waals surface area contributed by atoms with Gasteiger partial charge in [0.2, 0.25) is 0 Å². The van der Waals surface area contributed by atoms with Crippen LogP contribution in [0.3, 0.4) is 0 Å². The average Bonchev–Trinajstić information content (AvgIpc) is 2.87. The molecule has 0 fully saturated rings. The molecule has 0 atom stereocenters. The maximum Gasteiger partial charge on any atom is 0.342 e. The molecule has 1 N–H and O–H groups in total. The highest BCUT2D eigenvalue weighted by atomic mass is 17.1. The molecule has 0 bridgehead atoms. The second-order valence-corrected chi connectivity index (χ2v) is 11.1. The van der Waals surface area contributed by atoms with Gasteiger partial charge < -0.3 is 4.89 Å². The molecule has 3 nitrogen and oxygen atoms in total. The third-order valence-electron chi connectivity index (χ3n) is 7.59. The lowest BCUT2D eigenvalue weighted by Gasteiger charge is -2.04. The molecule has 35 heavy (non-hydrogen) atoms. The van der Waals surface area contributed by atoms with Gasteiger partial charge in [0, 0.05) is 6.42 Å². The van der Waals surface area contributed by atoms with E-state index in [4.69, 9.17) is 5.26 Å². The van der Waals surface area contributed by atoms with Gasteiger partial charge in [0.25, 0.3) is 0 Å². The molecule has 0 aromatic heterocycles. The Hall–Kier alpha value is -0.570. The third-order valence-corrected chi connectivity index (χ3v) is 7.59. The maximum atomic E-state index is 10.8. The molecule has 0 aliphatic heterocycles. The van der Waals surface area contributed by atoms with Crippen molar-refractivity contribution in [1.29, 1.82) is 0 Å². The van der Waals surface area contributed by atoms with Gasteiger partial charge in [-0.3, -0.25) is 0 Å². The summed E-state index contributed by atoms with van der Waals surface area (Å²) in [6.45, 7) is 2.30. The number of hydrogen-bond donors (Lipinski definition) is 1. The van der Waals surface area contributed by atoms with Crippen LogP contribution in [0, 0.1) is 0 Å². The molecule has 0 radical (unpaired) electrons. The predicted octanol–water partition coefficient (Wildman–Crippen LogP) is 11.7. The van der Waals surface area contributed by atoms with E-state index >= 15 is 0 Å². The van der Waals surface area contributed by atoms with Crippen LogP contribution in [0.1, 0.15) is 200 Å². The summed E-state index contributed by atoms with van der Waals surface area (Å²) in [6, 6.07) is 0. The first-order valence-corrected chi connectivity index (χ1v) is 16.2. The summed E-state index contributed by atoms with van der Waals surface area (Å²) in [7, 11) is 0. The molecule has 0 saturated heterocycles. The van der Waals surface area contributed by atoms with E-state index in [2.05, 4.69) is 11.8 Å². The topological polar surface area (TPSA) is 46.5 Å². The molecule has 0 unspecified atom stereocenters. The Morgan fingerprint density at radius 1 is 0.400 bits per heavy atom. The Balaban J connectivity index is 3.02. The molecule has 0 amide bonds. The van der Waals surface area contributed by atoms with E-state index in [1.54, 1.807) is 0 Å². The molecule has 0 heterocycles. The minimum absolute atomic E-state index is 0.343.